The zero-order valence-electron chi connectivity index (χ0n) is 18.7. The van der Waals surface area contributed by atoms with E-state index in [9.17, 15) is 13.2 Å². The molecule has 7 heteroatoms. The topological polar surface area (TPSA) is 60.9 Å². The van der Waals surface area contributed by atoms with Crippen LogP contribution in [0.2, 0.25) is 0 Å². The highest BCUT2D eigenvalue weighted by atomic mass is 32.2. The molecule has 1 amide bonds. The molecule has 2 aliphatic heterocycles. The number of fused-ring (bicyclic) bond motifs is 1. The standard InChI is InChI=1S/C24H29N3O3S/c1-16(2)23-21-14-20(9-10-22(21)25(5)24(23)28)31(29,30)26-11-12-27(18(4)15-26)19-8-6-7-17(3)13-19/h6-10,13-14,18H,11-12,15H2,1-5H3/t18-/m0/s1. The molecule has 2 aromatic carbocycles. The van der Waals surface area contributed by atoms with Gasteiger partial charge in [-0.2, -0.15) is 4.31 Å². The van der Waals surface area contributed by atoms with Gasteiger partial charge in [-0.1, -0.05) is 17.7 Å². The number of likely N-dealkylation sites (N-methyl/N-ethyl adjacent to an activating group) is 1. The summed E-state index contributed by atoms with van der Waals surface area (Å²) in [5, 5.41) is 0. The van der Waals surface area contributed by atoms with Gasteiger partial charge in [0.05, 0.1) is 10.6 Å². The molecule has 1 saturated heterocycles. The summed E-state index contributed by atoms with van der Waals surface area (Å²) in [6.07, 6.45) is 0. The minimum absolute atomic E-state index is 0.0563. The number of aryl methyl sites for hydroxylation is 1. The van der Waals surface area contributed by atoms with E-state index >= 15 is 0 Å². The Balaban J connectivity index is 1.62. The summed E-state index contributed by atoms with van der Waals surface area (Å²) in [6, 6.07) is 13.4. The van der Waals surface area contributed by atoms with Crippen LogP contribution in [0, 0.1) is 6.92 Å². The number of rotatable bonds is 3. The number of anilines is 2. The second-order valence-corrected chi connectivity index (χ2v) is 10.6. The predicted octanol–water partition coefficient (Wildman–Crippen LogP) is 3.66. The lowest BCUT2D eigenvalue weighted by molar-refractivity contribution is -0.112. The van der Waals surface area contributed by atoms with Gasteiger partial charge in [0.2, 0.25) is 10.0 Å². The molecule has 0 spiro atoms. The average molecular weight is 440 g/mol. The van der Waals surface area contributed by atoms with Crippen LogP contribution in [0.3, 0.4) is 0 Å². The van der Waals surface area contributed by atoms with E-state index in [-0.39, 0.29) is 16.8 Å². The van der Waals surface area contributed by atoms with Gasteiger partial charge < -0.3 is 9.80 Å². The first-order valence-corrected chi connectivity index (χ1v) is 12.0. The van der Waals surface area contributed by atoms with Gasteiger partial charge in [-0.25, -0.2) is 8.42 Å². The van der Waals surface area contributed by atoms with Gasteiger partial charge in [-0.05, 0) is 63.6 Å². The fourth-order valence-corrected chi connectivity index (χ4v) is 6.06. The highest BCUT2D eigenvalue weighted by Gasteiger charge is 2.35. The summed E-state index contributed by atoms with van der Waals surface area (Å²) in [6.45, 7) is 9.35. The lowest BCUT2D eigenvalue weighted by Gasteiger charge is -2.40. The van der Waals surface area contributed by atoms with Crippen molar-refractivity contribution in [1.82, 2.24) is 4.31 Å². The second kappa shape index (κ2) is 7.80. The second-order valence-electron chi connectivity index (χ2n) is 8.66. The molecule has 0 bridgehead atoms. The maximum Gasteiger partial charge on any atom is 0.258 e. The quantitative estimate of drug-likeness (QED) is 0.685. The van der Waals surface area contributed by atoms with E-state index in [1.165, 1.54) is 5.56 Å². The van der Waals surface area contributed by atoms with E-state index in [4.69, 9.17) is 0 Å². The van der Waals surface area contributed by atoms with Crippen LogP contribution in [-0.4, -0.2) is 51.4 Å². The number of benzene rings is 2. The molecule has 0 saturated carbocycles. The van der Waals surface area contributed by atoms with Crippen molar-refractivity contribution < 1.29 is 13.2 Å². The summed E-state index contributed by atoms with van der Waals surface area (Å²) >= 11 is 0. The third-order valence-corrected chi connectivity index (χ3v) is 8.04. The molecule has 1 atom stereocenters. The molecule has 0 radical (unpaired) electrons. The minimum Gasteiger partial charge on any atom is -0.366 e. The summed E-state index contributed by atoms with van der Waals surface area (Å²) in [5.74, 6) is -0.0926. The van der Waals surface area contributed by atoms with Crippen LogP contribution in [0.25, 0.3) is 5.57 Å². The van der Waals surface area contributed by atoms with Crippen molar-refractivity contribution in [2.75, 3.05) is 36.5 Å². The molecule has 31 heavy (non-hydrogen) atoms. The van der Waals surface area contributed by atoms with Gasteiger partial charge in [0.15, 0.2) is 0 Å². The Bertz CT molecular complexity index is 1180. The van der Waals surface area contributed by atoms with Gasteiger partial charge in [-0.15, -0.1) is 0 Å². The molecule has 0 aliphatic carbocycles. The minimum atomic E-state index is -3.66. The summed E-state index contributed by atoms with van der Waals surface area (Å²) < 4.78 is 28.5. The summed E-state index contributed by atoms with van der Waals surface area (Å²) in [4.78, 5) is 16.7. The highest BCUT2D eigenvalue weighted by Crippen LogP contribution is 2.39. The Kier molecular flexibility index (Phi) is 5.43. The first-order valence-electron chi connectivity index (χ1n) is 10.5. The zero-order valence-corrected chi connectivity index (χ0v) is 19.5. The normalized spacial score (nSPS) is 19.7. The summed E-state index contributed by atoms with van der Waals surface area (Å²) in [5.41, 5.74) is 5.22. The number of carbonyl (C=O) groups excluding carboxylic acids is 1. The van der Waals surface area contributed by atoms with Crippen LogP contribution in [0.4, 0.5) is 11.4 Å². The molecule has 2 aromatic rings. The molecule has 4 rings (SSSR count). The van der Waals surface area contributed by atoms with E-state index in [1.807, 2.05) is 19.9 Å². The number of hydrogen-bond acceptors (Lipinski definition) is 4. The van der Waals surface area contributed by atoms with Crippen LogP contribution < -0.4 is 9.80 Å². The first kappa shape index (κ1) is 21.6. The average Bonchev–Trinajstić information content (AvgIpc) is 2.97. The summed E-state index contributed by atoms with van der Waals surface area (Å²) in [7, 11) is -1.94. The molecule has 164 valence electrons. The number of allylic oxidation sites excluding steroid dienone is 1. The van der Waals surface area contributed by atoms with Crippen LogP contribution >= 0.6 is 0 Å². The fraction of sp³-hybridized carbons (Fsp3) is 0.375. The number of nitrogens with zero attached hydrogens (tertiary/aromatic N) is 3. The van der Waals surface area contributed by atoms with Crippen molar-refractivity contribution in [2.24, 2.45) is 0 Å². The molecule has 0 unspecified atom stereocenters. The third-order valence-electron chi connectivity index (χ3n) is 6.18. The number of amides is 1. The number of carbonyl (C=O) groups is 1. The lowest BCUT2D eigenvalue weighted by atomic mass is 10.0. The van der Waals surface area contributed by atoms with Crippen LogP contribution in [-0.2, 0) is 14.8 Å². The fourth-order valence-electron chi connectivity index (χ4n) is 4.53. The third kappa shape index (κ3) is 3.66. The molecule has 1 fully saturated rings. The molecular weight excluding hydrogens is 410 g/mol. The molecular formula is C24H29N3O3S. The number of hydrogen-bond donors (Lipinski definition) is 0. The predicted molar refractivity (Wildman–Crippen MR) is 125 cm³/mol. The van der Waals surface area contributed by atoms with E-state index in [1.54, 1.807) is 34.5 Å². The van der Waals surface area contributed by atoms with E-state index in [0.29, 0.717) is 30.8 Å². The van der Waals surface area contributed by atoms with Crippen molar-refractivity contribution in [1.29, 1.82) is 0 Å². The Labute approximate surface area is 184 Å². The van der Waals surface area contributed by atoms with E-state index < -0.39 is 10.0 Å². The van der Waals surface area contributed by atoms with Crippen LogP contribution in [0.5, 0.6) is 0 Å². The number of piperazine rings is 1. The van der Waals surface area contributed by atoms with Crippen LogP contribution in [0.15, 0.2) is 52.9 Å². The maximum absolute atomic E-state index is 13.5. The molecule has 2 aliphatic rings. The first-order chi connectivity index (χ1) is 14.6. The zero-order chi connectivity index (χ0) is 22.5. The smallest absolute Gasteiger partial charge is 0.258 e. The van der Waals surface area contributed by atoms with E-state index in [2.05, 4.69) is 36.9 Å². The van der Waals surface area contributed by atoms with Crippen LogP contribution in [0.1, 0.15) is 31.9 Å². The van der Waals surface area contributed by atoms with Crippen molar-refractivity contribution in [3.8, 4) is 0 Å². The van der Waals surface area contributed by atoms with Gasteiger partial charge >= 0.3 is 0 Å². The monoisotopic (exact) mass is 439 g/mol. The Hall–Kier alpha value is -2.64. The van der Waals surface area contributed by atoms with Crippen molar-refractivity contribution in [3.05, 3.63) is 59.2 Å². The Morgan fingerprint density at radius 2 is 1.81 bits per heavy atom. The molecule has 6 nitrogen and oxygen atoms in total. The van der Waals surface area contributed by atoms with Gasteiger partial charge in [-0.3, -0.25) is 4.79 Å². The SMILES string of the molecule is CC(C)=C1C(=O)N(C)c2ccc(S(=O)(=O)N3CCN(c4cccc(C)c4)[C@@H](C)C3)cc21. The van der Waals surface area contributed by atoms with E-state index in [0.717, 1.165) is 16.9 Å². The lowest BCUT2D eigenvalue weighted by Crippen LogP contribution is -2.53. The Morgan fingerprint density at radius 3 is 2.45 bits per heavy atom. The Morgan fingerprint density at radius 1 is 1.06 bits per heavy atom. The van der Waals surface area contributed by atoms with Gasteiger partial charge in [0.1, 0.15) is 0 Å². The van der Waals surface area contributed by atoms with Gasteiger partial charge in [0, 0.05) is 49.5 Å². The van der Waals surface area contributed by atoms with Crippen molar-refractivity contribution in [3.63, 3.8) is 0 Å². The molecule has 0 N–H and O–H groups in total. The van der Waals surface area contributed by atoms with Crippen molar-refractivity contribution >= 4 is 32.9 Å². The molecule has 2 heterocycles. The number of sulfonamides is 1. The van der Waals surface area contributed by atoms with Gasteiger partial charge in [0.25, 0.3) is 5.91 Å². The van der Waals surface area contributed by atoms with Crippen molar-refractivity contribution in [2.45, 2.75) is 38.6 Å². The molecule has 0 aromatic heterocycles. The maximum atomic E-state index is 13.5. The highest BCUT2D eigenvalue weighted by molar-refractivity contribution is 7.89. The largest absolute Gasteiger partial charge is 0.366 e.